The fourth-order valence-electron chi connectivity index (χ4n) is 1.33. The van der Waals surface area contributed by atoms with E-state index in [0.717, 1.165) is 4.88 Å². The zero-order chi connectivity index (χ0) is 9.42. The number of carbonyl (C=O) groups excluding carboxylic acids is 2. The van der Waals surface area contributed by atoms with Crippen molar-refractivity contribution >= 4 is 23.2 Å². The second-order valence-electron chi connectivity index (χ2n) is 2.82. The molecule has 1 aromatic rings. The van der Waals surface area contributed by atoms with E-state index in [9.17, 15) is 9.59 Å². The fourth-order valence-corrected chi connectivity index (χ4v) is 2.15. The van der Waals surface area contributed by atoms with Crippen molar-refractivity contribution in [1.29, 1.82) is 0 Å². The van der Waals surface area contributed by atoms with Gasteiger partial charge in [-0.1, -0.05) is 6.07 Å². The number of rotatable bonds is 1. The Morgan fingerprint density at radius 3 is 2.77 bits per heavy atom. The van der Waals surface area contributed by atoms with Crippen molar-refractivity contribution in [2.45, 2.75) is 12.3 Å². The molecule has 0 radical (unpaired) electrons. The molecule has 2 amide bonds. The molecule has 1 N–H and O–H groups in total. The van der Waals surface area contributed by atoms with Crippen LogP contribution in [0.25, 0.3) is 0 Å². The second kappa shape index (κ2) is 2.93. The van der Waals surface area contributed by atoms with Gasteiger partial charge in [-0.15, -0.1) is 11.3 Å². The molecule has 0 aromatic carbocycles. The van der Waals surface area contributed by atoms with Crippen LogP contribution < -0.4 is 0 Å². The summed E-state index contributed by atoms with van der Waals surface area (Å²) in [6.45, 7) is 0. The van der Waals surface area contributed by atoms with Gasteiger partial charge < -0.3 is 0 Å². The molecule has 1 atom stereocenters. The number of nitrogens with zero attached hydrogens (tertiary/aromatic N) is 1. The molecular formula is C8H7NO3S. The van der Waals surface area contributed by atoms with Gasteiger partial charge in [-0.3, -0.25) is 14.8 Å². The third-order valence-electron chi connectivity index (χ3n) is 2.01. The first-order valence-electron chi connectivity index (χ1n) is 3.79. The fraction of sp³-hybridized carbons (Fsp3) is 0.250. The first kappa shape index (κ1) is 8.40. The largest absolute Gasteiger partial charge is 0.278 e. The lowest BCUT2D eigenvalue weighted by molar-refractivity contribution is -0.171. The molecule has 2 heterocycles. The number of carbonyl (C=O) groups is 2. The SMILES string of the molecule is O=C1CC(c2cccs2)C(=O)N1O. The minimum Gasteiger partial charge on any atom is -0.278 e. The molecule has 0 spiro atoms. The van der Waals surface area contributed by atoms with Gasteiger partial charge in [0, 0.05) is 11.3 Å². The maximum atomic E-state index is 11.3. The summed E-state index contributed by atoms with van der Waals surface area (Å²) in [6, 6.07) is 3.61. The van der Waals surface area contributed by atoms with Gasteiger partial charge in [0.05, 0.1) is 5.92 Å². The molecule has 13 heavy (non-hydrogen) atoms. The van der Waals surface area contributed by atoms with Gasteiger partial charge in [-0.2, -0.15) is 5.06 Å². The van der Waals surface area contributed by atoms with Crippen molar-refractivity contribution in [1.82, 2.24) is 5.06 Å². The van der Waals surface area contributed by atoms with Gasteiger partial charge in [0.15, 0.2) is 0 Å². The van der Waals surface area contributed by atoms with Crippen LogP contribution in [0.3, 0.4) is 0 Å². The average molecular weight is 197 g/mol. The molecule has 0 aliphatic carbocycles. The van der Waals surface area contributed by atoms with Gasteiger partial charge in [0.2, 0.25) is 0 Å². The van der Waals surface area contributed by atoms with Gasteiger partial charge in [0.1, 0.15) is 0 Å². The first-order valence-corrected chi connectivity index (χ1v) is 4.67. The van der Waals surface area contributed by atoms with E-state index in [1.54, 1.807) is 6.07 Å². The molecule has 1 saturated heterocycles. The maximum absolute atomic E-state index is 11.3. The van der Waals surface area contributed by atoms with Crippen LogP contribution >= 0.6 is 11.3 Å². The van der Waals surface area contributed by atoms with Crippen molar-refractivity contribution < 1.29 is 14.8 Å². The van der Waals surface area contributed by atoms with E-state index in [4.69, 9.17) is 5.21 Å². The molecule has 68 valence electrons. The Bertz CT molecular complexity index is 346. The van der Waals surface area contributed by atoms with Crippen LogP contribution in [-0.4, -0.2) is 22.1 Å². The zero-order valence-corrected chi connectivity index (χ0v) is 7.45. The molecule has 5 heteroatoms. The molecule has 1 unspecified atom stereocenters. The highest BCUT2D eigenvalue weighted by atomic mass is 32.1. The summed E-state index contributed by atoms with van der Waals surface area (Å²) in [7, 11) is 0. The van der Waals surface area contributed by atoms with Crippen LogP contribution in [0.4, 0.5) is 0 Å². The predicted octanol–water partition coefficient (Wildman–Crippen LogP) is 0.980. The van der Waals surface area contributed by atoms with Gasteiger partial charge in [-0.25, -0.2) is 0 Å². The Balaban J connectivity index is 2.29. The molecule has 1 fully saturated rings. The van der Waals surface area contributed by atoms with Crippen molar-refractivity contribution in [3.8, 4) is 0 Å². The van der Waals surface area contributed by atoms with E-state index in [2.05, 4.69) is 0 Å². The first-order chi connectivity index (χ1) is 6.20. The van der Waals surface area contributed by atoms with E-state index >= 15 is 0 Å². The van der Waals surface area contributed by atoms with Crippen molar-refractivity contribution in [3.63, 3.8) is 0 Å². The summed E-state index contributed by atoms with van der Waals surface area (Å²) < 4.78 is 0. The molecule has 1 aromatic heterocycles. The van der Waals surface area contributed by atoms with Gasteiger partial charge >= 0.3 is 0 Å². The molecule has 0 saturated carbocycles. The average Bonchev–Trinajstić information content (AvgIpc) is 2.70. The Labute approximate surface area is 78.4 Å². The highest BCUT2D eigenvalue weighted by Gasteiger charge is 2.39. The van der Waals surface area contributed by atoms with E-state index in [-0.39, 0.29) is 11.5 Å². The minimum atomic E-state index is -0.525. The van der Waals surface area contributed by atoms with Gasteiger partial charge in [-0.05, 0) is 11.4 Å². The summed E-state index contributed by atoms with van der Waals surface area (Å²) in [5, 5.41) is 11.0. The highest BCUT2D eigenvalue weighted by Crippen LogP contribution is 2.31. The van der Waals surface area contributed by atoms with Crippen molar-refractivity contribution in [3.05, 3.63) is 22.4 Å². The summed E-state index contributed by atoms with van der Waals surface area (Å²) in [4.78, 5) is 23.1. The summed E-state index contributed by atoms with van der Waals surface area (Å²) in [5.74, 6) is -1.52. The second-order valence-corrected chi connectivity index (χ2v) is 3.80. The van der Waals surface area contributed by atoms with Crippen LogP contribution in [0, 0.1) is 0 Å². The Morgan fingerprint density at radius 1 is 1.54 bits per heavy atom. The van der Waals surface area contributed by atoms with Crippen molar-refractivity contribution in [2.75, 3.05) is 0 Å². The number of hydroxylamine groups is 2. The topological polar surface area (TPSA) is 57.6 Å². The minimum absolute atomic E-state index is 0.0792. The Morgan fingerprint density at radius 2 is 2.31 bits per heavy atom. The lowest BCUT2D eigenvalue weighted by Crippen LogP contribution is -2.25. The monoisotopic (exact) mass is 197 g/mol. The molecule has 0 bridgehead atoms. The molecular weight excluding hydrogens is 190 g/mol. The Hall–Kier alpha value is -1.20. The number of imide groups is 1. The lowest BCUT2D eigenvalue weighted by Gasteiger charge is -2.04. The standard InChI is InChI=1S/C8H7NO3S/c10-7-4-5(8(11)9(7)12)6-2-1-3-13-6/h1-3,5,12H,4H2. The van der Waals surface area contributed by atoms with Crippen LogP contribution in [-0.2, 0) is 9.59 Å². The van der Waals surface area contributed by atoms with Crippen LogP contribution in [0.5, 0.6) is 0 Å². The summed E-state index contributed by atoms with van der Waals surface area (Å²) in [6.07, 6.45) is 0.0792. The normalized spacial score (nSPS) is 22.8. The highest BCUT2D eigenvalue weighted by molar-refractivity contribution is 7.10. The zero-order valence-electron chi connectivity index (χ0n) is 6.64. The summed E-state index contributed by atoms with van der Waals surface area (Å²) in [5.41, 5.74) is 0. The third kappa shape index (κ3) is 1.26. The summed E-state index contributed by atoms with van der Waals surface area (Å²) >= 11 is 1.42. The third-order valence-corrected chi connectivity index (χ3v) is 2.99. The quantitative estimate of drug-likeness (QED) is 0.539. The Kier molecular flexibility index (Phi) is 1.90. The van der Waals surface area contributed by atoms with Crippen LogP contribution in [0.2, 0.25) is 0 Å². The molecule has 1 aliphatic heterocycles. The van der Waals surface area contributed by atoms with E-state index in [0.29, 0.717) is 0 Å². The smallest absolute Gasteiger partial charge is 0.262 e. The van der Waals surface area contributed by atoms with Crippen molar-refractivity contribution in [2.24, 2.45) is 0 Å². The predicted molar refractivity (Wildman–Crippen MR) is 45.3 cm³/mol. The maximum Gasteiger partial charge on any atom is 0.262 e. The number of amides is 2. The van der Waals surface area contributed by atoms with Crippen LogP contribution in [0.15, 0.2) is 17.5 Å². The molecule has 1 aliphatic rings. The van der Waals surface area contributed by atoms with Gasteiger partial charge in [0.25, 0.3) is 11.8 Å². The van der Waals surface area contributed by atoms with E-state index < -0.39 is 17.7 Å². The molecule has 2 rings (SSSR count). The van der Waals surface area contributed by atoms with E-state index in [1.165, 1.54) is 11.3 Å². The van der Waals surface area contributed by atoms with E-state index in [1.807, 2.05) is 11.4 Å². The molecule has 4 nitrogen and oxygen atoms in total. The lowest BCUT2D eigenvalue weighted by atomic mass is 10.1. The number of hydrogen-bond acceptors (Lipinski definition) is 4. The number of hydrogen-bond donors (Lipinski definition) is 1. The number of thiophene rings is 1. The van der Waals surface area contributed by atoms with Crippen LogP contribution in [0.1, 0.15) is 17.2 Å².